The fourth-order valence-electron chi connectivity index (χ4n) is 1.74. The molecule has 1 aliphatic rings. The van der Waals surface area contributed by atoms with Crippen LogP contribution in [0.4, 0.5) is 16.2 Å². The number of rotatable bonds is 2. The molecule has 0 aliphatic carbocycles. The standard InChI is InChI=1S/C11H13ClN2O3/c12-9-7-8(14-3-5-17-6-4-14)1-2-10(9)13-11(15)16/h1-2,7,13H,3-6H2,(H,15,16). The molecule has 5 nitrogen and oxygen atoms in total. The topological polar surface area (TPSA) is 61.8 Å². The van der Waals surface area contributed by atoms with Crippen molar-refractivity contribution in [2.24, 2.45) is 0 Å². The van der Waals surface area contributed by atoms with E-state index >= 15 is 0 Å². The number of amides is 1. The Morgan fingerprint density at radius 3 is 2.71 bits per heavy atom. The van der Waals surface area contributed by atoms with E-state index in [1.807, 2.05) is 6.07 Å². The summed E-state index contributed by atoms with van der Waals surface area (Å²) in [6.45, 7) is 3.05. The molecule has 0 unspecified atom stereocenters. The average molecular weight is 257 g/mol. The van der Waals surface area contributed by atoms with Gasteiger partial charge in [0.2, 0.25) is 0 Å². The van der Waals surface area contributed by atoms with Gasteiger partial charge in [-0.2, -0.15) is 0 Å². The molecule has 92 valence electrons. The Labute approximate surface area is 104 Å². The van der Waals surface area contributed by atoms with Crippen molar-refractivity contribution < 1.29 is 14.6 Å². The van der Waals surface area contributed by atoms with E-state index in [-0.39, 0.29) is 0 Å². The smallest absolute Gasteiger partial charge is 0.409 e. The van der Waals surface area contributed by atoms with Crippen molar-refractivity contribution in [3.05, 3.63) is 23.2 Å². The molecule has 2 N–H and O–H groups in total. The molecule has 1 aliphatic heterocycles. The van der Waals surface area contributed by atoms with Gasteiger partial charge in [-0.3, -0.25) is 5.32 Å². The van der Waals surface area contributed by atoms with Gasteiger partial charge in [-0.1, -0.05) is 11.6 Å². The second kappa shape index (κ2) is 5.25. The molecule has 2 rings (SSSR count). The molecule has 0 atom stereocenters. The summed E-state index contributed by atoms with van der Waals surface area (Å²) in [5, 5.41) is 11.3. The minimum absolute atomic E-state index is 0.399. The molecule has 1 saturated heterocycles. The van der Waals surface area contributed by atoms with Crippen LogP contribution in [0.1, 0.15) is 0 Å². The number of anilines is 2. The van der Waals surface area contributed by atoms with Crippen LogP contribution in [-0.2, 0) is 4.74 Å². The molecule has 0 saturated carbocycles. The van der Waals surface area contributed by atoms with Crippen LogP contribution in [0.3, 0.4) is 0 Å². The summed E-state index contributed by atoms with van der Waals surface area (Å²) in [4.78, 5) is 12.7. The van der Waals surface area contributed by atoms with Crippen molar-refractivity contribution >= 4 is 29.1 Å². The summed E-state index contributed by atoms with van der Waals surface area (Å²) >= 11 is 6.01. The monoisotopic (exact) mass is 256 g/mol. The highest BCUT2D eigenvalue weighted by molar-refractivity contribution is 6.33. The fourth-order valence-corrected chi connectivity index (χ4v) is 1.96. The van der Waals surface area contributed by atoms with Gasteiger partial charge in [-0.25, -0.2) is 4.79 Å². The first-order valence-corrected chi connectivity index (χ1v) is 5.67. The molecule has 17 heavy (non-hydrogen) atoms. The van der Waals surface area contributed by atoms with E-state index in [1.54, 1.807) is 12.1 Å². The van der Waals surface area contributed by atoms with Crippen LogP contribution in [0, 0.1) is 0 Å². The van der Waals surface area contributed by atoms with E-state index in [4.69, 9.17) is 21.4 Å². The Morgan fingerprint density at radius 1 is 1.41 bits per heavy atom. The molecule has 1 aromatic rings. The lowest BCUT2D eigenvalue weighted by atomic mass is 10.2. The molecule has 1 heterocycles. The zero-order chi connectivity index (χ0) is 12.3. The van der Waals surface area contributed by atoms with E-state index < -0.39 is 6.09 Å². The van der Waals surface area contributed by atoms with E-state index in [2.05, 4.69) is 10.2 Å². The van der Waals surface area contributed by atoms with E-state index in [0.717, 1.165) is 18.8 Å². The third-order valence-corrected chi connectivity index (χ3v) is 2.88. The quantitative estimate of drug-likeness (QED) is 0.852. The minimum atomic E-state index is -1.12. The molecular formula is C11H13ClN2O3. The Hall–Kier alpha value is -1.46. The lowest BCUT2D eigenvalue weighted by Gasteiger charge is -2.29. The zero-order valence-electron chi connectivity index (χ0n) is 9.15. The maximum Gasteiger partial charge on any atom is 0.409 e. The van der Waals surface area contributed by atoms with E-state index in [1.165, 1.54) is 0 Å². The largest absolute Gasteiger partial charge is 0.465 e. The number of carbonyl (C=O) groups is 1. The Kier molecular flexibility index (Phi) is 3.71. The highest BCUT2D eigenvalue weighted by Gasteiger charge is 2.13. The summed E-state index contributed by atoms with van der Waals surface area (Å²) in [6, 6.07) is 5.28. The Bertz CT molecular complexity index is 419. The summed E-state index contributed by atoms with van der Waals surface area (Å²) in [5.41, 5.74) is 1.38. The number of benzene rings is 1. The van der Waals surface area contributed by atoms with Crippen molar-refractivity contribution in [3.63, 3.8) is 0 Å². The van der Waals surface area contributed by atoms with Crippen LogP contribution in [0.15, 0.2) is 18.2 Å². The first kappa shape index (κ1) is 12.0. The van der Waals surface area contributed by atoms with Crippen molar-refractivity contribution in [1.82, 2.24) is 0 Å². The number of carboxylic acid groups (broad SMARTS) is 1. The van der Waals surface area contributed by atoms with Crippen LogP contribution < -0.4 is 10.2 Å². The molecule has 1 amide bonds. The normalized spacial score (nSPS) is 15.7. The van der Waals surface area contributed by atoms with Crippen LogP contribution in [0.5, 0.6) is 0 Å². The summed E-state index contributed by atoms with van der Waals surface area (Å²) in [5.74, 6) is 0. The number of nitrogens with one attached hydrogen (secondary N) is 1. The van der Waals surface area contributed by atoms with Gasteiger partial charge in [0.25, 0.3) is 0 Å². The van der Waals surface area contributed by atoms with Gasteiger partial charge >= 0.3 is 6.09 Å². The highest BCUT2D eigenvalue weighted by Crippen LogP contribution is 2.27. The molecule has 6 heteroatoms. The van der Waals surface area contributed by atoms with Crippen LogP contribution >= 0.6 is 11.6 Å². The average Bonchev–Trinajstić information content (AvgIpc) is 2.32. The molecular weight excluding hydrogens is 244 g/mol. The summed E-state index contributed by atoms with van der Waals surface area (Å²) < 4.78 is 5.26. The van der Waals surface area contributed by atoms with Crippen LogP contribution in [0.2, 0.25) is 5.02 Å². The molecule has 0 bridgehead atoms. The minimum Gasteiger partial charge on any atom is -0.465 e. The first-order chi connectivity index (χ1) is 8.16. The summed E-state index contributed by atoms with van der Waals surface area (Å²) in [7, 11) is 0. The van der Waals surface area contributed by atoms with Crippen molar-refractivity contribution in [3.8, 4) is 0 Å². The van der Waals surface area contributed by atoms with E-state index in [0.29, 0.717) is 23.9 Å². The van der Waals surface area contributed by atoms with Gasteiger partial charge in [0.05, 0.1) is 23.9 Å². The summed E-state index contributed by atoms with van der Waals surface area (Å²) in [6.07, 6.45) is -1.12. The first-order valence-electron chi connectivity index (χ1n) is 5.29. The van der Waals surface area contributed by atoms with Gasteiger partial charge in [-0.15, -0.1) is 0 Å². The molecule has 0 aromatic heterocycles. The van der Waals surface area contributed by atoms with Gasteiger partial charge in [0.15, 0.2) is 0 Å². The van der Waals surface area contributed by atoms with Gasteiger partial charge < -0.3 is 14.7 Å². The predicted octanol–water partition coefficient (Wildman–Crippen LogP) is 2.27. The van der Waals surface area contributed by atoms with Crippen molar-refractivity contribution in [1.29, 1.82) is 0 Å². The fraction of sp³-hybridized carbons (Fsp3) is 0.364. The third kappa shape index (κ3) is 3.01. The number of hydrogen-bond acceptors (Lipinski definition) is 3. The molecule has 0 spiro atoms. The Balaban J connectivity index is 2.14. The van der Waals surface area contributed by atoms with Crippen LogP contribution in [-0.4, -0.2) is 37.5 Å². The number of halogens is 1. The number of hydrogen-bond donors (Lipinski definition) is 2. The maximum atomic E-state index is 10.5. The van der Waals surface area contributed by atoms with Gasteiger partial charge in [0, 0.05) is 18.8 Å². The van der Waals surface area contributed by atoms with Crippen molar-refractivity contribution in [2.75, 3.05) is 36.5 Å². The zero-order valence-corrected chi connectivity index (χ0v) is 9.91. The van der Waals surface area contributed by atoms with Gasteiger partial charge in [-0.05, 0) is 18.2 Å². The number of ether oxygens (including phenoxy) is 1. The van der Waals surface area contributed by atoms with Crippen molar-refractivity contribution in [2.45, 2.75) is 0 Å². The Morgan fingerprint density at radius 2 is 2.12 bits per heavy atom. The lowest BCUT2D eigenvalue weighted by Crippen LogP contribution is -2.36. The van der Waals surface area contributed by atoms with Crippen LogP contribution in [0.25, 0.3) is 0 Å². The highest BCUT2D eigenvalue weighted by atomic mass is 35.5. The maximum absolute atomic E-state index is 10.5. The predicted molar refractivity (Wildman–Crippen MR) is 66.1 cm³/mol. The lowest BCUT2D eigenvalue weighted by molar-refractivity contribution is 0.122. The van der Waals surface area contributed by atoms with E-state index in [9.17, 15) is 4.79 Å². The molecule has 1 fully saturated rings. The SMILES string of the molecule is O=C(O)Nc1ccc(N2CCOCC2)cc1Cl. The number of nitrogens with zero attached hydrogens (tertiary/aromatic N) is 1. The van der Waals surface area contributed by atoms with Gasteiger partial charge in [0.1, 0.15) is 0 Å². The third-order valence-electron chi connectivity index (χ3n) is 2.57. The molecule has 0 radical (unpaired) electrons. The second-order valence-electron chi connectivity index (χ2n) is 3.69. The second-order valence-corrected chi connectivity index (χ2v) is 4.10. The molecule has 1 aromatic carbocycles. The number of morpholine rings is 1.